The molecule has 1 aromatic carbocycles. The summed E-state index contributed by atoms with van der Waals surface area (Å²) in [5, 5.41) is 0. The van der Waals surface area contributed by atoms with Crippen LogP contribution in [0.25, 0.3) is 0 Å². The number of rotatable bonds is 0. The van der Waals surface area contributed by atoms with Gasteiger partial charge in [-0.25, -0.2) is 0 Å². The molecule has 2 aliphatic rings. The fourth-order valence-electron chi connectivity index (χ4n) is 2.45. The molecule has 3 nitrogen and oxygen atoms in total. The highest BCUT2D eigenvalue weighted by atomic mass is 16.2. The van der Waals surface area contributed by atoms with Crippen LogP contribution in [-0.4, -0.2) is 18.3 Å². The topological polar surface area (TPSA) is 32.7 Å². The molecule has 0 fully saturated rings. The van der Waals surface area contributed by atoms with Gasteiger partial charge in [-0.2, -0.15) is 0 Å². The summed E-state index contributed by atoms with van der Waals surface area (Å²) in [4.78, 5) is 17.8. The lowest BCUT2D eigenvalue weighted by atomic mass is 9.86. The Balaban J connectivity index is 2.30. The number of para-hydroxylation sites is 1. The van der Waals surface area contributed by atoms with Gasteiger partial charge in [0.25, 0.3) is 5.91 Å². The first-order chi connectivity index (χ1) is 7.12. The molecule has 1 aromatic rings. The van der Waals surface area contributed by atoms with Gasteiger partial charge < -0.3 is 0 Å². The van der Waals surface area contributed by atoms with Crippen LogP contribution in [0.5, 0.6) is 0 Å². The van der Waals surface area contributed by atoms with Gasteiger partial charge in [-0.3, -0.25) is 14.7 Å². The van der Waals surface area contributed by atoms with Crippen LogP contribution < -0.4 is 4.90 Å². The Kier molecular flexibility index (Phi) is 1.43. The van der Waals surface area contributed by atoms with Gasteiger partial charge in [0.15, 0.2) is 0 Å². The number of fused-ring (bicyclic) bond motifs is 3. The van der Waals surface area contributed by atoms with Crippen molar-refractivity contribution in [2.75, 3.05) is 11.4 Å². The van der Waals surface area contributed by atoms with Crippen molar-refractivity contribution in [1.29, 1.82) is 0 Å². The standard InChI is InChI=1S/C12H12N2O/c1-12(2)8-5-3-4-6-9(8)14-10(15)7-13-11(12)14/h3-6H,7H2,1-2H3. The van der Waals surface area contributed by atoms with Crippen LogP contribution >= 0.6 is 0 Å². The number of benzene rings is 1. The molecular formula is C12H12N2O. The largest absolute Gasteiger partial charge is 0.272 e. The molecule has 0 atom stereocenters. The van der Waals surface area contributed by atoms with Gasteiger partial charge in [0.1, 0.15) is 12.4 Å². The zero-order valence-electron chi connectivity index (χ0n) is 8.82. The zero-order chi connectivity index (χ0) is 10.6. The van der Waals surface area contributed by atoms with Gasteiger partial charge in [-0.1, -0.05) is 18.2 Å². The molecule has 2 heterocycles. The maximum Gasteiger partial charge on any atom is 0.254 e. The van der Waals surface area contributed by atoms with Crippen molar-refractivity contribution in [1.82, 2.24) is 0 Å². The number of hydrogen-bond donors (Lipinski definition) is 0. The van der Waals surface area contributed by atoms with E-state index in [2.05, 4.69) is 24.9 Å². The Morgan fingerprint density at radius 2 is 2.07 bits per heavy atom. The van der Waals surface area contributed by atoms with E-state index in [1.807, 2.05) is 18.2 Å². The normalized spacial score (nSPS) is 21.3. The predicted octanol–water partition coefficient (Wildman–Crippen LogP) is 1.72. The smallest absolute Gasteiger partial charge is 0.254 e. The molecule has 0 N–H and O–H groups in total. The molecule has 3 heteroatoms. The van der Waals surface area contributed by atoms with Crippen molar-refractivity contribution >= 4 is 17.4 Å². The first-order valence-electron chi connectivity index (χ1n) is 5.10. The Morgan fingerprint density at radius 1 is 1.33 bits per heavy atom. The number of anilines is 1. The molecular weight excluding hydrogens is 188 g/mol. The van der Waals surface area contributed by atoms with Gasteiger partial charge in [0.05, 0.1) is 5.69 Å². The molecule has 0 unspecified atom stereocenters. The Bertz CT molecular complexity index is 488. The van der Waals surface area contributed by atoms with E-state index < -0.39 is 0 Å². The van der Waals surface area contributed by atoms with E-state index in [-0.39, 0.29) is 11.3 Å². The lowest BCUT2D eigenvalue weighted by molar-refractivity contribution is -0.115. The first kappa shape index (κ1) is 8.65. The van der Waals surface area contributed by atoms with Crippen molar-refractivity contribution in [3.05, 3.63) is 29.8 Å². The van der Waals surface area contributed by atoms with Gasteiger partial charge in [0, 0.05) is 5.41 Å². The average molecular weight is 200 g/mol. The van der Waals surface area contributed by atoms with Gasteiger partial charge in [-0.05, 0) is 25.5 Å². The third-order valence-corrected chi connectivity index (χ3v) is 3.20. The van der Waals surface area contributed by atoms with Crippen LogP contribution in [0, 0.1) is 0 Å². The minimum absolute atomic E-state index is 0.0861. The highest BCUT2D eigenvalue weighted by Crippen LogP contribution is 2.43. The number of nitrogens with zero attached hydrogens (tertiary/aromatic N) is 2. The van der Waals surface area contributed by atoms with E-state index in [1.54, 1.807) is 4.90 Å². The van der Waals surface area contributed by atoms with Gasteiger partial charge in [-0.15, -0.1) is 0 Å². The van der Waals surface area contributed by atoms with E-state index in [9.17, 15) is 4.79 Å². The number of hydrogen-bond acceptors (Lipinski definition) is 2. The number of aliphatic imine (C=N–C) groups is 1. The van der Waals surface area contributed by atoms with Crippen LogP contribution in [0.1, 0.15) is 19.4 Å². The SMILES string of the molecule is CC1(C)C2=NCC(=O)N2c2ccccc21. The lowest BCUT2D eigenvalue weighted by Crippen LogP contribution is -2.35. The van der Waals surface area contributed by atoms with Crippen LogP contribution in [0.3, 0.4) is 0 Å². The lowest BCUT2D eigenvalue weighted by Gasteiger charge is -2.18. The number of amidine groups is 1. The van der Waals surface area contributed by atoms with E-state index in [4.69, 9.17) is 0 Å². The van der Waals surface area contributed by atoms with E-state index in [0.717, 1.165) is 11.5 Å². The minimum Gasteiger partial charge on any atom is -0.272 e. The van der Waals surface area contributed by atoms with Crippen molar-refractivity contribution in [2.24, 2.45) is 4.99 Å². The van der Waals surface area contributed by atoms with Crippen LogP contribution in [0.2, 0.25) is 0 Å². The summed E-state index contributed by atoms with van der Waals surface area (Å²) >= 11 is 0. The van der Waals surface area contributed by atoms with Crippen molar-refractivity contribution < 1.29 is 4.79 Å². The average Bonchev–Trinajstić information content (AvgIpc) is 2.69. The molecule has 0 bridgehead atoms. The summed E-state index contributed by atoms with van der Waals surface area (Å²) in [5.41, 5.74) is 2.06. The van der Waals surface area contributed by atoms with E-state index in [1.165, 1.54) is 5.56 Å². The second-order valence-electron chi connectivity index (χ2n) is 4.51. The van der Waals surface area contributed by atoms with Crippen molar-refractivity contribution in [3.8, 4) is 0 Å². The number of carbonyl (C=O) groups is 1. The molecule has 1 amide bonds. The highest BCUT2D eigenvalue weighted by molar-refractivity contribution is 6.28. The summed E-state index contributed by atoms with van der Waals surface area (Å²) in [6, 6.07) is 8.03. The van der Waals surface area contributed by atoms with Gasteiger partial charge >= 0.3 is 0 Å². The highest BCUT2D eigenvalue weighted by Gasteiger charge is 2.46. The number of carbonyl (C=O) groups excluding carboxylic acids is 1. The maximum atomic E-state index is 11.7. The first-order valence-corrected chi connectivity index (χ1v) is 5.10. The molecule has 0 saturated heterocycles. The van der Waals surface area contributed by atoms with Crippen LogP contribution in [0.15, 0.2) is 29.3 Å². The molecule has 0 radical (unpaired) electrons. The fraction of sp³-hybridized carbons (Fsp3) is 0.333. The minimum atomic E-state index is -0.136. The van der Waals surface area contributed by atoms with E-state index >= 15 is 0 Å². The summed E-state index contributed by atoms with van der Waals surface area (Å²) in [7, 11) is 0. The molecule has 76 valence electrons. The zero-order valence-corrected chi connectivity index (χ0v) is 8.82. The Hall–Kier alpha value is -1.64. The third-order valence-electron chi connectivity index (χ3n) is 3.20. The Labute approximate surface area is 88.4 Å². The predicted molar refractivity (Wildman–Crippen MR) is 59.3 cm³/mol. The van der Waals surface area contributed by atoms with Crippen LogP contribution in [0.4, 0.5) is 5.69 Å². The molecule has 3 rings (SSSR count). The quantitative estimate of drug-likeness (QED) is 0.627. The fourth-order valence-corrected chi connectivity index (χ4v) is 2.45. The van der Waals surface area contributed by atoms with Crippen molar-refractivity contribution in [3.63, 3.8) is 0 Å². The molecule has 0 spiro atoms. The molecule has 2 aliphatic heterocycles. The maximum absolute atomic E-state index is 11.7. The Morgan fingerprint density at radius 3 is 2.87 bits per heavy atom. The van der Waals surface area contributed by atoms with Crippen LogP contribution in [-0.2, 0) is 10.2 Å². The summed E-state index contributed by atoms with van der Waals surface area (Å²) in [5.74, 6) is 0.983. The van der Waals surface area contributed by atoms with Crippen molar-refractivity contribution in [2.45, 2.75) is 19.3 Å². The van der Waals surface area contributed by atoms with Gasteiger partial charge in [0.2, 0.25) is 0 Å². The molecule has 15 heavy (non-hydrogen) atoms. The number of amides is 1. The second kappa shape index (κ2) is 2.48. The van der Waals surface area contributed by atoms with E-state index in [0.29, 0.717) is 6.54 Å². The molecule has 0 saturated carbocycles. The molecule has 0 aromatic heterocycles. The second-order valence-corrected chi connectivity index (χ2v) is 4.51. The summed E-state index contributed by atoms with van der Waals surface area (Å²) in [6.07, 6.45) is 0. The molecule has 0 aliphatic carbocycles. The monoisotopic (exact) mass is 200 g/mol. The third kappa shape index (κ3) is 0.902. The summed E-state index contributed by atoms with van der Waals surface area (Å²) < 4.78 is 0. The summed E-state index contributed by atoms with van der Waals surface area (Å²) in [6.45, 7) is 4.53.